The second-order valence-electron chi connectivity index (χ2n) is 7.18. The van der Waals surface area contributed by atoms with Crippen molar-refractivity contribution in [2.45, 2.75) is 45.2 Å². The van der Waals surface area contributed by atoms with Crippen LogP contribution in [0.1, 0.15) is 31.9 Å². The van der Waals surface area contributed by atoms with Gasteiger partial charge in [-0.25, -0.2) is 0 Å². The minimum atomic E-state index is -0.622. The van der Waals surface area contributed by atoms with Crippen LogP contribution in [0, 0.1) is 0 Å². The molecule has 2 aromatic carbocycles. The fraction of sp³-hybridized carbons (Fsp3) is 0.364. The lowest BCUT2D eigenvalue weighted by Crippen LogP contribution is -2.49. The van der Waals surface area contributed by atoms with Crippen molar-refractivity contribution in [3.63, 3.8) is 0 Å². The van der Waals surface area contributed by atoms with Gasteiger partial charge in [-0.05, 0) is 56.2 Å². The summed E-state index contributed by atoms with van der Waals surface area (Å²) in [7, 11) is 0. The van der Waals surface area contributed by atoms with Crippen LogP contribution in [-0.2, 0) is 21.9 Å². The number of carbonyl (C=O) groups excluding carboxylic acids is 2. The quantitative estimate of drug-likeness (QED) is 0.485. The third-order valence-electron chi connectivity index (χ3n) is 4.37. The number of nitrogens with one attached hydrogen (secondary N) is 1. The molecule has 0 fully saturated rings. The van der Waals surface area contributed by atoms with Crippen LogP contribution >= 0.6 is 46.6 Å². The first-order valence-corrected chi connectivity index (χ1v) is 11.8. The molecular formula is C22H25Cl3N2O2S. The van der Waals surface area contributed by atoms with Gasteiger partial charge in [0.2, 0.25) is 11.8 Å². The van der Waals surface area contributed by atoms with E-state index >= 15 is 0 Å². The first-order chi connectivity index (χ1) is 14.2. The smallest absolute Gasteiger partial charge is 0.242 e. The maximum atomic E-state index is 13.1. The molecule has 1 N–H and O–H groups in total. The molecular weight excluding hydrogens is 463 g/mol. The van der Waals surface area contributed by atoms with Crippen LogP contribution in [0.2, 0.25) is 15.1 Å². The van der Waals surface area contributed by atoms with Gasteiger partial charge in [0.05, 0.1) is 5.75 Å². The molecule has 0 saturated heterocycles. The molecule has 0 bridgehead atoms. The van der Waals surface area contributed by atoms with Crippen molar-refractivity contribution in [1.29, 1.82) is 0 Å². The van der Waals surface area contributed by atoms with Crippen molar-refractivity contribution < 1.29 is 9.59 Å². The molecule has 30 heavy (non-hydrogen) atoms. The van der Waals surface area contributed by atoms with E-state index in [1.165, 1.54) is 11.8 Å². The SMILES string of the molecule is CC(C)NC(=O)[C@@H](C)N(Cc1cccc(Cl)c1)C(=O)CSCc1c(Cl)cccc1Cl. The maximum Gasteiger partial charge on any atom is 0.242 e. The number of amides is 2. The molecule has 0 spiro atoms. The molecule has 2 rings (SSSR count). The Labute approximate surface area is 197 Å². The molecule has 162 valence electrons. The van der Waals surface area contributed by atoms with Crippen LogP contribution < -0.4 is 5.32 Å². The summed E-state index contributed by atoms with van der Waals surface area (Å²) in [6.07, 6.45) is 0. The Bertz CT molecular complexity index is 872. The summed E-state index contributed by atoms with van der Waals surface area (Å²) in [6, 6.07) is 12.0. The summed E-state index contributed by atoms with van der Waals surface area (Å²) in [6.45, 7) is 5.79. The van der Waals surface area contributed by atoms with E-state index in [4.69, 9.17) is 34.8 Å². The molecule has 0 radical (unpaired) electrons. The molecule has 4 nitrogen and oxygen atoms in total. The number of carbonyl (C=O) groups is 2. The van der Waals surface area contributed by atoms with Gasteiger partial charge in [0.25, 0.3) is 0 Å². The fourth-order valence-corrected chi connectivity index (χ4v) is 4.67. The van der Waals surface area contributed by atoms with Crippen molar-refractivity contribution in [1.82, 2.24) is 10.2 Å². The Morgan fingerprint density at radius 3 is 2.27 bits per heavy atom. The van der Waals surface area contributed by atoms with E-state index in [2.05, 4.69) is 5.32 Å². The predicted molar refractivity (Wildman–Crippen MR) is 127 cm³/mol. The number of nitrogens with zero attached hydrogens (tertiary/aromatic N) is 1. The second kappa shape index (κ2) is 11.8. The zero-order valence-electron chi connectivity index (χ0n) is 17.1. The van der Waals surface area contributed by atoms with Crippen LogP contribution in [0.25, 0.3) is 0 Å². The molecule has 0 aliphatic rings. The third kappa shape index (κ3) is 7.38. The highest BCUT2D eigenvalue weighted by Gasteiger charge is 2.26. The Morgan fingerprint density at radius 2 is 1.67 bits per heavy atom. The highest BCUT2D eigenvalue weighted by molar-refractivity contribution is 7.99. The van der Waals surface area contributed by atoms with Gasteiger partial charge in [-0.2, -0.15) is 0 Å². The van der Waals surface area contributed by atoms with Gasteiger partial charge in [-0.1, -0.05) is 53.0 Å². The lowest BCUT2D eigenvalue weighted by molar-refractivity contribution is -0.138. The zero-order valence-corrected chi connectivity index (χ0v) is 20.2. The van der Waals surface area contributed by atoms with E-state index < -0.39 is 6.04 Å². The average molecular weight is 488 g/mol. The van der Waals surface area contributed by atoms with Crippen molar-refractivity contribution in [3.8, 4) is 0 Å². The van der Waals surface area contributed by atoms with Gasteiger partial charge in [0.1, 0.15) is 6.04 Å². The monoisotopic (exact) mass is 486 g/mol. The summed E-state index contributed by atoms with van der Waals surface area (Å²) in [5, 5.41) is 4.60. The molecule has 8 heteroatoms. The Hall–Kier alpha value is -1.40. The summed E-state index contributed by atoms with van der Waals surface area (Å²) < 4.78 is 0. The first-order valence-electron chi connectivity index (χ1n) is 9.54. The maximum absolute atomic E-state index is 13.1. The summed E-state index contributed by atoms with van der Waals surface area (Å²) >= 11 is 19.9. The number of benzene rings is 2. The molecule has 0 aliphatic carbocycles. The Kier molecular flexibility index (Phi) is 9.82. The van der Waals surface area contributed by atoms with Crippen LogP contribution in [-0.4, -0.2) is 34.6 Å². The number of rotatable bonds is 9. The van der Waals surface area contributed by atoms with Crippen molar-refractivity contribution in [3.05, 3.63) is 68.7 Å². The molecule has 2 aromatic rings. The molecule has 2 amide bonds. The van der Waals surface area contributed by atoms with Crippen molar-refractivity contribution in [2.24, 2.45) is 0 Å². The second-order valence-corrected chi connectivity index (χ2v) is 9.42. The van der Waals surface area contributed by atoms with Crippen molar-refractivity contribution >= 4 is 58.4 Å². The highest BCUT2D eigenvalue weighted by atomic mass is 35.5. The minimum Gasteiger partial charge on any atom is -0.352 e. The lowest BCUT2D eigenvalue weighted by Gasteiger charge is -2.29. The zero-order chi connectivity index (χ0) is 22.3. The Balaban J connectivity index is 2.11. The molecule has 0 unspecified atom stereocenters. The number of hydrogen-bond acceptors (Lipinski definition) is 3. The van der Waals surface area contributed by atoms with Gasteiger partial charge in [-0.3, -0.25) is 9.59 Å². The lowest BCUT2D eigenvalue weighted by atomic mass is 10.1. The van der Waals surface area contributed by atoms with E-state index in [1.807, 2.05) is 26.0 Å². The van der Waals surface area contributed by atoms with Gasteiger partial charge in [0, 0.05) is 33.4 Å². The van der Waals surface area contributed by atoms with Crippen LogP contribution in [0.5, 0.6) is 0 Å². The minimum absolute atomic E-state index is 0.0141. The van der Waals surface area contributed by atoms with Gasteiger partial charge in [0.15, 0.2) is 0 Å². The van der Waals surface area contributed by atoms with Crippen molar-refractivity contribution in [2.75, 3.05) is 5.75 Å². The van der Waals surface area contributed by atoms with Gasteiger partial charge in [-0.15, -0.1) is 11.8 Å². The van der Waals surface area contributed by atoms with E-state index in [-0.39, 0.29) is 23.6 Å². The first kappa shape index (κ1) is 24.9. The molecule has 0 aromatic heterocycles. The van der Waals surface area contributed by atoms with E-state index in [0.29, 0.717) is 27.4 Å². The standard InChI is InChI=1S/C22H25Cl3N2O2S/c1-14(2)26-22(29)15(3)27(11-16-6-4-7-17(23)10-16)21(28)13-30-12-18-19(24)8-5-9-20(18)25/h4-10,14-15H,11-13H2,1-3H3,(H,26,29)/t15-/m1/s1. The predicted octanol–water partition coefficient (Wildman–Crippen LogP) is 5.82. The number of halogens is 3. The van der Waals surface area contributed by atoms with Crippen LogP contribution in [0.15, 0.2) is 42.5 Å². The summed E-state index contributed by atoms with van der Waals surface area (Å²) in [5.74, 6) is 0.359. The highest BCUT2D eigenvalue weighted by Crippen LogP contribution is 2.28. The number of thioether (sulfide) groups is 1. The fourth-order valence-electron chi connectivity index (χ4n) is 2.81. The average Bonchev–Trinajstić information content (AvgIpc) is 2.67. The Morgan fingerprint density at radius 1 is 1.03 bits per heavy atom. The normalized spacial score (nSPS) is 12.0. The molecule has 0 aliphatic heterocycles. The summed E-state index contributed by atoms with van der Waals surface area (Å²) in [5.41, 5.74) is 1.66. The molecule has 1 atom stereocenters. The molecule has 0 heterocycles. The third-order valence-corrected chi connectivity index (χ3v) is 6.26. The summed E-state index contributed by atoms with van der Waals surface area (Å²) in [4.78, 5) is 27.2. The van der Waals surface area contributed by atoms with Gasteiger partial charge < -0.3 is 10.2 Å². The molecule has 0 saturated carbocycles. The van der Waals surface area contributed by atoms with Crippen LogP contribution in [0.4, 0.5) is 0 Å². The van der Waals surface area contributed by atoms with E-state index in [1.54, 1.807) is 42.2 Å². The van der Waals surface area contributed by atoms with E-state index in [9.17, 15) is 9.59 Å². The number of hydrogen-bond donors (Lipinski definition) is 1. The largest absolute Gasteiger partial charge is 0.352 e. The topological polar surface area (TPSA) is 49.4 Å². The van der Waals surface area contributed by atoms with Crippen LogP contribution in [0.3, 0.4) is 0 Å². The van der Waals surface area contributed by atoms with Gasteiger partial charge >= 0.3 is 0 Å². The van der Waals surface area contributed by atoms with E-state index in [0.717, 1.165) is 11.1 Å².